The van der Waals surface area contributed by atoms with Crippen molar-refractivity contribution in [2.45, 2.75) is 0 Å². The Morgan fingerprint density at radius 3 is 0.833 bits per heavy atom. The predicted octanol–water partition coefficient (Wildman–Crippen LogP) is 13.7. The minimum absolute atomic E-state index is 0.0111. The minimum atomic E-state index is -0.0111. The number of rotatable bonds is 2. The Balaban J connectivity index is 0.906. The zero-order chi connectivity index (χ0) is 46.8. The zero-order valence-corrected chi connectivity index (χ0v) is 39.0. The predicted molar refractivity (Wildman–Crippen MR) is 304 cm³/mol. The van der Waals surface area contributed by atoms with E-state index in [1.165, 1.54) is 133 Å². The van der Waals surface area contributed by atoms with Gasteiger partial charge in [0.25, 0.3) is 0 Å². The molecule has 0 bridgehead atoms. The van der Waals surface area contributed by atoms with Crippen LogP contribution in [0.1, 0.15) is 0 Å². The lowest BCUT2D eigenvalue weighted by Gasteiger charge is -2.46. The molecule has 0 radical (unpaired) electrons. The second-order valence-electron chi connectivity index (χ2n) is 19.9. The highest BCUT2D eigenvalue weighted by atomic mass is 15.1. The molecule has 4 nitrogen and oxygen atoms in total. The summed E-state index contributed by atoms with van der Waals surface area (Å²) in [6.07, 6.45) is 0. The molecule has 4 aliphatic rings. The molecule has 0 saturated carbocycles. The van der Waals surface area contributed by atoms with Crippen LogP contribution in [0.2, 0.25) is 0 Å². The van der Waals surface area contributed by atoms with Crippen LogP contribution in [0.4, 0.5) is 22.7 Å². The van der Waals surface area contributed by atoms with Gasteiger partial charge in [-0.25, -0.2) is 0 Å². The Labute approximate surface area is 417 Å². The van der Waals surface area contributed by atoms with Crippen LogP contribution in [0.15, 0.2) is 243 Å². The summed E-state index contributed by atoms with van der Waals surface area (Å²) in [7, 11) is 0. The standard InChI is InChI=1S/C66H40B2N4/c1-9-25-55-43(17-1)51-37-41(69-59-29-13-5-21-47(59)48-22-6-14-30-60(48)69)33-35-63(51)71-65-39-54-46-20-4-12-28-58(46)68-56-26-10-2-18-44(56)52-38-42(70-61-31-15-7-23-49(61)50-24-8-16-32-62(50)70)34-36-64(52)72(68)66(54)40-53(65)45-19-3-11-27-57(45)67(55)71/h1-40H. The molecule has 0 saturated heterocycles. The second kappa shape index (κ2) is 14.2. The van der Waals surface area contributed by atoms with E-state index in [4.69, 9.17) is 0 Å². The van der Waals surface area contributed by atoms with Crippen LogP contribution in [0.5, 0.6) is 0 Å². The van der Waals surface area contributed by atoms with E-state index in [0.717, 1.165) is 11.4 Å². The fourth-order valence-electron chi connectivity index (χ4n) is 13.6. The first-order valence-electron chi connectivity index (χ1n) is 25.2. The maximum atomic E-state index is 2.66. The third-order valence-electron chi connectivity index (χ3n) is 16.5. The first kappa shape index (κ1) is 38.6. The number of benzene rings is 11. The van der Waals surface area contributed by atoms with Gasteiger partial charge in [0, 0.05) is 77.9 Å². The molecule has 11 aromatic carbocycles. The highest BCUT2D eigenvalue weighted by Gasteiger charge is 2.46. The Morgan fingerprint density at radius 1 is 0.222 bits per heavy atom. The molecule has 6 heteroatoms. The molecule has 6 heterocycles. The third kappa shape index (κ3) is 4.98. The maximum absolute atomic E-state index is 2.66. The Morgan fingerprint density at radius 2 is 0.500 bits per heavy atom. The molecule has 0 N–H and O–H groups in total. The van der Waals surface area contributed by atoms with Crippen LogP contribution < -0.4 is 31.5 Å². The first-order valence-corrected chi connectivity index (χ1v) is 25.2. The summed E-state index contributed by atoms with van der Waals surface area (Å²) in [5, 5.41) is 5.07. The van der Waals surface area contributed by atoms with E-state index in [0.29, 0.717) is 0 Å². The van der Waals surface area contributed by atoms with Crippen LogP contribution in [0, 0.1) is 0 Å². The largest absolute Gasteiger partial charge is 0.376 e. The zero-order valence-electron chi connectivity index (χ0n) is 39.0. The van der Waals surface area contributed by atoms with Gasteiger partial charge in [0.05, 0.1) is 22.1 Å². The molecule has 0 fully saturated rings. The Kier molecular flexibility index (Phi) is 7.60. The van der Waals surface area contributed by atoms with Gasteiger partial charge in [-0.05, 0) is 117 Å². The molecule has 72 heavy (non-hydrogen) atoms. The van der Waals surface area contributed by atoms with Crippen LogP contribution in [0.3, 0.4) is 0 Å². The van der Waals surface area contributed by atoms with Crippen molar-refractivity contribution in [1.29, 1.82) is 0 Å². The van der Waals surface area contributed by atoms with E-state index in [1.54, 1.807) is 0 Å². The number of nitrogens with zero attached hydrogens (tertiary/aromatic N) is 4. The normalized spacial score (nSPS) is 13.4. The lowest BCUT2D eigenvalue weighted by Crippen LogP contribution is -2.60. The van der Waals surface area contributed by atoms with E-state index >= 15 is 0 Å². The molecule has 0 aliphatic carbocycles. The third-order valence-corrected chi connectivity index (χ3v) is 16.5. The number of fused-ring (bicyclic) bond motifs is 28. The average Bonchev–Trinajstić information content (AvgIpc) is 3.97. The van der Waals surface area contributed by atoms with Crippen molar-refractivity contribution in [2.75, 3.05) is 9.62 Å². The number of hydrogen-bond acceptors (Lipinski definition) is 2. The summed E-state index contributed by atoms with van der Waals surface area (Å²) in [6, 6.07) is 91.3. The Hall–Kier alpha value is -9.25. The molecule has 0 unspecified atom stereocenters. The molecule has 2 aromatic heterocycles. The van der Waals surface area contributed by atoms with Crippen LogP contribution in [-0.4, -0.2) is 22.8 Å². The fraction of sp³-hybridized carbons (Fsp3) is 0. The van der Waals surface area contributed by atoms with Gasteiger partial charge in [-0.3, -0.25) is 0 Å². The van der Waals surface area contributed by atoms with E-state index in [9.17, 15) is 0 Å². The highest BCUT2D eigenvalue weighted by molar-refractivity contribution is 6.93. The molecule has 4 aliphatic heterocycles. The first-order chi connectivity index (χ1) is 35.8. The lowest BCUT2D eigenvalue weighted by atomic mass is 9.42. The number of para-hydroxylation sites is 4. The lowest BCUT2D eigenvalue weighted by molar-refractivity contribution is 1.18. The molecular formula is C66H40B2N4. The summed E-state index contributed by atoms with van der Waals surface area (Å²) in [5.41, 5.74) is 27.5. The van der Waals surface area contributed by atoms with Crippen molar-refractivity contribution in [1.82, 2.24) is 9.13 Å². The van der Waals surface area contributed by atoms with Crippen molar-refractivity contribution in [3.05, 3.63) is 243 Å². The van der Waals surface area contributed by atoms with Crippen molar-refractivity contribution in [2.24, 2.45) is 0 Å². The highest BCUT2D eigenvalue weighted by Crippen LogP contribution is 2.54. The molecule has 330 valence electrons. The van der Waals surface area contributed by atoms with Gasteiger partial charge in [0.2, 0.25) is 0 Å². The molecule has 0 spiro atoms. The van der Waals surface area contributed by atoms with Gasteiger partial charge in [-0.1, -0.05) is 170 Å². The number of anilines is 4. The molecule has 13 aromatic rings. The quantitative estimate of drug-likeness (QED) is 0.161. The molecular weight excluding hydrogens is 870 g/mol. The van der Waals surface area contributed by atoms with E-state index in [1.807, 2.05) is 0 Å². The van der Waals surface area contributed by atoms with Gasteiger partial charge in [-0.2, -0.15) is 0 Å². The summed E-state index contributed by atoms with van der Waals surface area (Å²) >= 11 is 0. The van der Waals surface area contributed by atoms with E-state index in [-0.39, 0.29) is 13.7 Å². The summed E-state index contributed by atoms with van der Waals surface area (Å²) in [5.74, 6) is 0. The van der Waals surface area contributed by atoms with Crippen molar-refractivity contribution in [3.63, 3.8) is 0 Å². The topological polar surface area (TPSA) is 16.3 Å². The fourth-order valence-corrected chi connectivity index (χ4v) is 13.6. The monoisotopic (exact) mass is 910 g/mol. The maximum Gasteiger partial charge on any atom is 0.329 e. The van der Waals surface area contributed by atoms with Crippen LogP contribution in [0.25, 0.3) is 99.5 Å². The van der Waals surface area contributed by atoms with Crippen molar-refractivity contribution >= 4 is 102 Å². The van der Waals surface area contributed by atoms with Gasteiger partial charge in [0.1, 0.15) is 0 Å². The summed E-state index contributed by atoms with van der Waals surface area (Å²) in [6.45, 7) is -0.0223. The van der Waals surface area contributed by atoms with Crippen LogP contribution in [-0.2, 0) is 0 Å². The minimum Gasteiger partial charge on any atom is -0.376 e. The number of aromatic nitrogens is 2. The second-order valence-corrected chi connectivity index (χ2v) is 19.9. The van der Waals surface area contributed by atoms with E-state index < -0.39 is 0 Å². The Bertz CT molecular complexity index is 4130. The SMILES string of the molecule is c1ccc2c(c1)B1c3ccccc3-c3cc4c(cc3N1c1ccc(-n3c5ccccc5c5ccccc53)cc1-2)-c1ccccc1B1c2ccccc2-c2cc(-n3c5ccccc5c5ccccc53)ccc2N14. The van der Waals surface area contributed by atoms with Gasteiger partial charge in [0.15, 0.2) is 0 Å². The smallest absolute Gasteiger partial charge is 0.329 e. The van der Waals surface area contributed by atoms with Crippen molar-refractivity contribution in [3.8, 4) is 55.9 Å². The molecule has 17 rings (SSSR count). The summed E-state index contributed by atoms with van der Waals surface area (Å²) < 4.78 is 4.90. The average molecular weight is 911 g/mol. The molecule has 0 atom stereocenters. The van der Waals surface area contributed by atoms with E-state index in [2.05, 4.69) is 261 Å². The van der Waals surface area contributed by atoms with Crippen LogP contribution >= 0.6 is 0 Å². The summed E-state index contributed by atoms with van der Waals surface area (Å²) in [4.78, 5) is 5.33. The molecule has 0 amide bonds. The van der Waals surface area contributed by atoms with Gasteiger partial charge < -0.3 is 18.8 Å². The van der Waals surface area contributed by atoms with Gasteiger partial charge in [-0.15, -0.1) is 0 Å². The van der Waals surface area contributed by atoms with Gasteiger partial charge >= 0.3 is 13.7 Å². The number of hydrogen-bond donors (Lipinski definition) is 0. The van der Waals surface area contributed by atoms with Crippen molar-refractivity contribution < 1.29 is 0 Å².